The number of rotatable bonds is 6. The van der Waals surface area contributed by atoms with Crippen molar-refractivity contribution in [3.05, 3.63) is 47.3 Å². The lowest BCUT2D eigenvalue weighted by molar-refractivity contribution is -0.136. The van der Waals surface area contributed by atoms with Gasteiger partial charge in [-0.25, -0.2) is 0 Å². The summed E-state index contributed by atoms with van der Waals surface area (Å²) in [6.07, 6.45) is 0.499. The summed E-state index contributed by atoms with van der Waals surface area (Å²) in [6, 6.07) is 9.01. The van der Waals surface area contributed by atoms with E-state index in [2.05, 4.69) is 10.4 Å². The van der Waals surface area contributed by atoms with Gasteiger partial charge >= 0.3 is 5.97 Å². The van der Waals surface area contributed by atoms with Crippen LogP contribution in [-0.2, 0) is 18.3 Å². The number of carbonyl (C=O) groups is 2. The minimum Gasteiger partial charge on any atom is -0.481 e. The summed E-state index contributed by atoms with van der Waals surface area (Å²) < 4.78 is 1.57. The standard InChI is InChI=1S/C17H21N3O3/c1-11(2)14-10-15(20(3)19-14)17(23)18-13-6-4-5-12(9-13)7-8-16(21)22/h4-6,9-11H,7-8H2,1-3H3,(H,18,23)(H,21,22). The van der Waals surface area contributed by atoms with Crippen LogP contribution in [0, 0.1) is 0 Å². The molecule has 6 nitrogen and oxygen atoms in total. The molecular formula is C17H21N3O3. The first kappa shape index (κ1) is 16.7. The maximum absolute atomic E-state index is 12.4. The second-order valence-corrected chi connectivity index (χ2v) is 5.78. The minimum absolute atomic E-state index is 0.0663. The molecule has 0 saturated carbocycles. The van der Waals surface area contributed by atoms with Crippen LogP contribution in [0.4, 0.5) is 5.69 Å². The number of benzene rings is 1. The van der Waals surface area contributed by atoms with Gasteiger partial charge in [-0.15, -0.1) is 0 Å². The fourth-order valence-electron chi connectivity index (χ4n) is 2.24. The first-order chi connectivity index (χ1) is 10.9. The fraction of sp³-hybridized carbons (Fsp3) is 0.353. The molecule has 0 aliphatic rings. The van der Waals surface area contributed by atoms with Crippen molar-refractivity contribution < 1.29 is 14.7 Å². The Bertz CT molecular complexity index is 720. The predicted octanol–water partition coefficient (Wildman–Crippen LogP) is 2.81. The van der Waals surface area contributed by atoms with Crippen LogP contribution in [0.25, 0.3) is 0 Å². The molecule has 0 bridgehead atoms. The van der Waals surface area contributed by atoms with E-state index in [4.69, 9.17) is 5.11 Å². The van der Waals surface area contributed by atoms with E-state index in [1.807, 2.05) is 19.9 Å². The van der Waals surface area contributed by atoms with Gasteiger partial charge in [0.15, 0.2) is 0 Å². The molecule has 1 aromatic carbocycles. The first-order valence-electron chi connectivity index (χ1n) is 7.53. The number of carbonyl (C=O) groups excluding carboxylic acids is 1. The maximum Gasteiger partial charge on any atom is 0.303 e. The van der Waals surface area contributed by atoms with Crippen molar-refractivity contribution in [3.8, 4) is 0 Å². The molecule has 23 heavy (non-hydrogen) atoms. The van der Waals surface area contributed by atoms with Crippen LogP contribution in [0.1, 0.15) is 47.9 Å². The molecule has 0 unspecified atom stereocenters. The molecule has 2 aromatic rings. The summed E-state index contributed by atoms with van der Waals surface area (Å²) in [6.45, 7) is 4.05. The lowest BCUT2D eigenvalue weighted by Gasteiger charge is -2.07. The largest absolute Gasteiger partial charge is 0.481 e. The molecule has 0 fully saturated rings. The van der Waals surface area contributed by atoms with E-state index in [0.29, 0.717) is 17.8 Å². The molecule has 0 aliphatic heterocycles. The highest BCUT2D eigenvalue weighted by Crippen LogP contribution is 2.17. The number of nitrogens with zero attached hydrogens (tertiary/aromatic N) is 2. The highest BCUT2D eigenvalue weighted by atomic mass is 16.4. The van der Waals surface area contributed by atoms with Crippen molar-refractivity contribution in [1.82, 2.24) is 9.78 Å². The van der Waals surface area contributed by atoms with Crippen molar-refractivity contribution in [1.29, 1.82) is 0 Å². The topological polar surface area (TPSA) is 84.2 Å². The van der Waals surface area contributed by atoms with E-state index in [9.17, 15) is 9.59 Å². The van der Waals surface area contributed by atoms with Gasteiger partial charge in [0.2, 0.25) is 0 Å². The average molecular weight is 315 g/mol. The Balaban J connectivity index is 2.11. The van der Waals surface area contributed by atoms with Crippen LogP contribution < -0.4 is 5.32 Å². The van der Waals surface area contributed by atoms with Gasteiger partial charge in [-0.3, -0.25) is 14.3 Å². The molecule has 1 aromatic heterocycles. The lowest BCUT2D eigenvalue weighted by Crippen LogP contribution is -2.16. The molecule has 0 spiro atoms. The van der Waals surface area contributed by atoms with Gasteiger partial charge in [-0.05, 0) is 36.1 Å². The van der Waals surface area contributed by atoms with E-state index < -0.39 is 5.97 Å². The fourth-order valence-corrected chi connectivity index (χ4v) is 2.24. The second-order valence-electron chi connectivity index (χ2n) is 5.78. The Morgan fingerprint density at radius 1 is 1.30 bits per heavy atom. The van der Waals surface area contributed by atoms with Crippen molar-refractivity contribution in [2.45, 2.75) is 32.6 Å². The molecule has 122 valence electrons. The van der Waals surface area contributed by atoms with Gasteiger partial charge in [-0.1, -0.05) is 26.0 Å². The summed E-state index contributed by atoms with van der Waals surface area (Å²) in [5.74, 6) is -0.820. The number of aliphatic carboxylic acids is 1. The molecular weight excluding hydrogens is 294 g/mol. The quantitative estimate of drug-likeness (QED) is 0.858. The van der Waals surface area contributed by atoms with E-state index in [1.54, 1.807) is 36.0 Å². The van der Waals surface area contributed by atoms with Gasteiger partial charge in [0.05, 0.1) is 5.69 Å². The number of hydrogen-bond acceptors (Lipinski definition) is 3. The Labute approximate surface area is 135 Å². The predicted molar refractivity (Wildman–Crippen MR) is 87.6 cm³/mol. The van der Waals surface area contributed by atoms with Gasteiger partial charge < -0.3 is 10.4 Å². The second kappa shape index (κ2) is 7.09. The third kappa shape index (κ3) is 4.42. The van der Waals surface area contributed by atoms with Gasteiger partial charge in [0.1, 0.15) is 5.69 Å². The molecule has 1 amide bonds. The van der Waals surface area contributed by atoms with Gasteiger partial charge in [-0.2, -0.15) is 5.10 Å². The third-order valence-corrected chi connectivity index (χ3v) is 3.54. The molecule has 2 N–H and O–H groups in total. The van der Waals surface area contributed by atoms with Crippen LogP contribution in [0.2, 0.25) is 0 Å². The van der Waals surface area contributed by atoms with Gasteiger partial charge in [0, 0.05) is 19.2 Å². The summed E-state index contributed by atoms with van der Waals surface area (Å²) >= 11 is 0. The van der Waals surface area contributed by atoms with E-state index in [1.165, 1.54) is 0 Å². The summed E-state index contributed by atoms with van der Waals surface area (Å²) in [7, 11) is 1.74. The highest BCUT2D eigenvalue weighted by molar-refractivity contribution is 6.03. The van der Waals surface area contributed by atoms with Crippen LogP contribution in [0.15, 0.2) is 30.3 Å². The summed E-state index contributed by atoms with van der Waals surface area (Å²) in [4.78, 5) is 23.0. The number of aryl methyl sites for hydroxylation is 2. The minimum atomic E-state index is -0.837. The van der Waals surface area contributed by atoms with E-state index >= 15 is 0 Å². The SMILES string of the molecule is CC(C)c1cc(C(=O)Nc2cccc(CCC(=O)O)c2)n(C)n1. The molecule has 2 rings (SSSR count). The summed E-state index contributed by atoms with van der Waals surface area (Å²) in [5.41, 5.74) is 2.88. The highest BCUT2D eigenvalue weighted by Gasteiger charge is 2.15. The molecule has 0 radical (unpaired) electrons. The van der Waals surface area contributed by atoms with Gasteiger partial charge in [0.25, 0.3) is 5.91 Å². The molecule has 0 aliphatic carbocycles. The Hall–Kier alpha value is -2.63. The number of anilines is 1. The zero-order chi connectivity index (χ0) is 17.0. The smallest absolute Gasteiger partial charge is 0.303 e. The first-order valence-corrected chi connectivity index (χ1v) is 7.53. The maximum atomic E-state index is 12.4. The number of carboxylic acids is 1. The number of amides is 1. The van der Waals surface area contributed by atoms with Crippen LogP contribution in [-0.4, -0.2) is 26.8 Å². The molecule has 1 heterocycles. The van der Waals surface area contributed by atoms with Crippen molar-refractivity contribution in [2.75, 3.05) is 5.32 Å². The lowest BCUT2D eigenvalue weighted by atomic mass is 10.1. The zero-order valence-electron chi connectivity index (χ0n) is 13.5. The van der Waals surface area contributed by atoms with Crippen LogP contribution in [0.3, 0.4) is 0 Å². The number of hydrogen-bond donors (Lipinski definition) is 2. The summed E-state index contributed by atoms with van der Waals surface area (Å²) in [5, 5.41) is 15.9. The van der Waals surface area contributed by atoms with Crippen LogP contribution >= 0.6 is 0 Å². The molecule has 6 heteroatoms. The number of carboxylic acid groups (broad SMARTS) is 1. The Morgan fingerprint density at radius 3 is 2.65 bits per heavy atom. The molecule has 0 saturated heterocycles. The molecule has 0 atom stereocenters. The number of aromatic nitrogens is 2. The number of nitrogens with one attached hydrogen (secondary N) is 1. The third-order valence-electron chi connectivity index (χ3n) is 3.54. The van der Waals surface area contributed by atoms with Crippen molar-refractivity contribution >= 4 is 17.6 Å². The van der Waals surface area contributed by atoms with Crippen molar-refractivity contribution in [3.63, 3.8) is 0 Å². The van der Waals surface area contributed by atoms with Crippen LogP contribution in [0.5, 0.6) is 0 Å². The Morgan fingerprint density at radius 2 is 2.04 bits per heavy atom. The van der Waals surface area contributed by atoms with E-state index in [-0.39, 0.29) is 18.2 Å². The normalized spacial score (nSPS) is 10.8. The van der Waals surface area contributed by atoms with E-state index in [0.717, 1.165) is 11.3 Å². The zero-order valence-corrected chi connectivity index (χ0v) is 13.5. The van der Waals surface area contributed by atoms with Crippen molar-refractivity contribution in [2.24, 2.45) is 7.05 Å². The monoisotopic (exact) mass is 315 g/mol. The Kier molecular flexibility index (Phi) is 5.16. The average Bonchev–Trinajstić information content (AvgIpc) is 2.88.